The highest BCUT2D eigenvalue weighted by atomic mass is 32.1. The van der Waals surface area contributed by atoms with E-state index in [1.807, 2.05) is 17.4 Å². The first-order valence-electron chi connectivity index (χ1n) is 19.5. The van der Waals surface area contributed by atoms with Crippen LogP contribution >= 0.6 is 11.3 Å². The lowest BCUT2D eigenvalue weighted by atomic mass is 9.67. The van der Waals surface area contributed by atoms with E-state index in [0.29, 0.717) is 0 Å². The summed E-state index contributed by atoms with van der Waals surface area (Å²) in [4.78, 5) is 10.3. The molecule has 0 atom stereocenters. The van der Waals surface area contributed by atoms with Gasteiger partial charge in [-0.3, -0.25) is 0 Å². The first-order chi connectivity index (χ1) is 27.2. The maximum Gasteiger partial charge on any atom is 0.160 e. The number of rotatable bonds is 5. The summed E-state index contributed by atoms with van der Waals surface area (Å²) in [5.41, 5.74) is 15.8. The maximum absolute atomic E-state index is 5.18. The molecule has 0 bridgehead atoms. The van der Waals surface area contributed by atoms with Gasteiger partial charge in [0.1, 0.15) is 0 Å². The zero-order valence-corrected chi connectivity index (χ0v) is 31.3. The molecule has 2 aliphatic carbocycles. The van der Waals surface area contributed by atoms with Crippen LogP contribution in [0.2, 0.25) is 0 Å². The van der Waals surface area contributed by atoms with Crippen molar-refractivity contribution in [1.82, 2.24) is 9.97 Å². The molecule has 11 rings (SSSR count). The largest absolute Gasteiger partial charge is 0.228 e. The molecule has 2 heterocycles. The molecule has 2 nitrogen and oxygen atoms in total. The fourth-order valence-corrected chi connectivity index (χ4v) is 10.5. The van der Waals surface area contributed by atoms with Gasteiger partial charge in [0.25, 0.3) is 0 Å². The number of hydrogen-bond acceptors (Lipinski definition) is 3. The predicted octanol–water partition coefficient (Wildman–Crippen LogP) is 14.4. The van der Waals surface area contributed by atoms with Crippen molar-refractivity contribution in [2.24, 2.45) is 0 Å². The van der Waals surface area contributed by atoms with Crippen molar-refractivity contribution < 1.29 is 0 Å². The Labute approximate surface area is 325 Å². The smallest absolute Gasteiger partial charge is 0.160 e. The average Bonchev–Trinajstić information content (AvgIpc) is 3.75. The van der Waals surface area contributed by atoms with Crippen LogP contribution in [0.15, 0.2) is 170 Å². The van der Waals surface area contributed by atoms with E-state index in [1.165, 1.54) is 91.2 Å². The lowest BCUT2D eigenvalue weighted by Gasteiger charge is -2.36. The molecule has 0 saturated heterocycles. The number of nitrogens with zero attached hydrogens (tertiary/aromatic N) is 2. The molecule has 0 amide bonds. The van der Waals surface area contributed by atoms with Crippen molar-refractivity contribution in [3.8, 4) is 67.3 Å². The minimum atomic E-state index is 0.102. The van der Waals surface area contributed by atoms with Crippen molar-refractivity contribution in [3.05, 3.63) is 181 Å². The van der Waals surface area contributed by atoms with E-state index in [4.69, 9.17) is 9.97 Å². The highest BCUT2D eigenvalue weighted by Gasteiger charge is 2.44. The summed E-state index contributed by atoms with van der Waals surface area (Å²) in [5.74, 6) is 0.727. The van der Waals surface area contributed by atoms with Gasteiger partial charge in [-0.15, -0.1) is 11.3 Å². The van der Waals surface area contributed by atoms with Crippen LogP contribution in [-0.2, 0) is 5.41 Å². The summed E-state index contributed by atoms with van der Waals surface area (Å²) in [6.45, 7) is 0. The van der Waals surface area contributed by atoms with Gasteiger partial charge in [0.2, 0.25) is 0 Å². The normalized spacial score (nSPS) is 14.3. The van der Waals surface area contributed by atoms with Crippen molar-refractivity contribution in [2.75, 3.05) is 0 Å². The van der Waals surface area contributed by atoms with Crippen molar-refractivity contribution >= 4 is 31.5 Å². The predicted molar refractivity (Wildman–Crippen MR) is 231 cm³/mol. The van der Waals surface area contributed by atoms with Gasteiger partial charge in [-0.05, 0) is 93.7 Å². The Morgan fingerprint density at radius 1 is 0.382 bits per heavy atom. The Hall–Kier alpha value is -6.16. The summed E-state index contributed by atoms with van der Waals surface area (Å²) in [6.07, 6.45) is 6.35. The van der Waals surface area contributed by atoms with Crippen LogP contribution in [0.5, 0.6) is 0 Å². The van der Waals surface area contributed by atoms with Gasteiger partial charge in [-0.2, -0.15) is 0 Å². The van der Waals surface area contributed by atoms with E-state index in [-0.39, 0.29) is 5.41 Å². The van der Waals surface area contributed by atoms with Crippen LogP contribution in [0.25, 0.3) is 87.5 Å². The number of hydrogen-bond donors (Lipinski definition) is 0. The minimum absolute atomic E-state index is 0.102. The number of thiophene rings is 1. The van der Waals surface area contributed by atoms with Gasteiger partial charge >= 0.3 is 0 Å². The second-order valence-electron chi connectivity index (χ2n) is 15.2. The molecule has 0 N–H and O–H groups in total. The lowest BCUT2D eigenvalue weighted by Crippen LogP contribution is -2.28. The highest BCUT2D eigenvalue weighted by Crippen LogP contribution is 2.58. The Bertz CT molecular complexity index is 2880. The van der Waals surface area contributed by atoms with Crippen molar-refractivity contribution in [1.29, 1.82) is 0 Å². The van der Waals surface area contributed by atoms with E-state index in [1.54, 1.807) is 5.56 Å². The Kier molecular flexibility index (Phi) is 7.63. The molecule has 2 aliphatic rings. The highest BCUT2D eigenvalue weighted by molar-refractivity contribution is 7.25. The SMILES string of the molecule is c1ccc(-c2ccc(-c3cc(-c4cccc(-c5ccc6c(c5)-c5cc7sc8ccccc8c7cc5C65CCCCC5)c4)nc(-c4ccccc4)n3)cc2)cc1. The van der Waals surface area contributed by atoms with Crippen molar-refractivity contribution in [3.63, 3.8) is 0 Å². The van der Waals surface area contributed by atoms with E-state index in [2.05, 4.69) is 164 Å². The van der Waals surface area contributed by atoms with E-state index in [0.717, 1.165) is 33.9 Å². The third-order valence-corrected chi connectivity index (χ3v) is 13.2. The maximum atomic E-state index is 5.18. The van der Waals surface area contributed by atoms with Crippen LogP contribution in [0.1, 0.15) is 43.2 Å². The van der Waals surface area contributed by atoms with Crippen molar-refractivity contribution in [2.45, 2.75) is 37.5 Å². The van der Waals surface area contributed by atoms with Crippen LogP contribution in [-0.4, -0.2) is 9.97 Å². The van der Waals surface area contributed by atoms with Gasteiger partial charge < -0.3 is 0 Å². The number of benzene rings is 7. The molecule has 7 aromatic carbocycles. The van der Waals surface area contributed by atoms with E-state index in [9.17, 15) is 0 Å². The second-order valence-corrected chi connectivity index (χ2v) is 16.3. The lowest BCUT2D eigenvalue weighted by molar-refractivity contribution is 0.353. The molecule has 1 spiro atoms. The number of aromatic nitrogens is 2. The quantitative estimate of drug-likeness (QED) is 0.177. The molecule has 1 saturated carbocycles. The fraction of sp³-hybridized carbons (Fsp3) is 0.115. The molecule has 0 radical (unpaired) electrons. The summed E-state index contributed by atoms with van der Waals surface area (Å²) in [5, 5.41) is 2.80. The van der Waals surface area contributed by atoms with Gasteiger partial charge in [0.05, 0.1) is 11.4 Å². The minimum Gasteiger partial charge on any atom is -0.228 e. The van der Waals surface area contributed by atoms with Gasteiger partial charge in [0, 0.05) is 42.3 Å². The van der Waals surface area contributed by atoms with Crippen LogP contribution in [0.4, 0.5) is 0 Å². The third kappa shape index (κ3) is 5.45. The average molecular weight is 723 g/mol. The zero-order valence-electron chi connectivity index (χ0n) is 30.5. The molecule has 0 unspecified atom stereocenters. The van der Waals surface area contributed by atoms with Gasteiger partial charge in [-0.25, -0.2) is 9.97 Å². The third-order valence-electron chi connectivity index (χ3n) is 12.1. The standard InChI is InChI=1S/C52H38N2S/c1-4-13-34(14-5-1)35-21-23-36(24-22-35)47-33-48(54-51(53-47)37-15-6-2-7-16-37)40-18-12-17-38(29-40)39-25-26-45-42(30-39)43-32-50-44(41-19-8-9-20-49(41)55-50)31-46(43)52(45)27-10-3-11-28-52/h1-2,4-9,12-26,29-33H,3,10-11,27-28H2. The van der Waals surface area contributed by atoms with E-state index >= 15 is 0 Å². The summed E-state index contributed by atoms with van der Waals surface area (Å²) >= 11 is 1.92. The molecule has 3 heteroatoms. The van der Waals surface area contributed by atoms with E-state index < -0.39 is 0 Å². The first kappa shape index (κ1) is 32.3. The Morgan fingerprint density at radius 3 is 1.78 bits per heavy atom. The topological polar surface area (TPSA) is 25.8 Å². The Balaban J connectivity index is 1.02. The summed E-state index contributed by atoms with van der Waals surface area (Å²) < 4.78 is 2.76. The molecule has 1 fully saturated rings. The molecule has 2 aromatic heterocycles. The fourth-order valence-electron chi connectivity index (χ4n) is 9.37. The molecule has 0 aliphatic heterocycles. The van der Waals surface area contributed by atoms with Crippen LogP contribution in [0, 0.1) is 0 Å². The molecular formula is C52H38N2S. The summed E-state index contributed by atoms with van der Waals surface area (Å²) in [6, 6.07) is 61.9. The molecule has 262 valence electrons. The molecular weight excluding hydrogens is 685 g/mol. The monoisotopic (exact) mass is 722 g/mol. The second kappa shape index (κ2) is 13.0. The van der Waals surface area contributed by atoms with Gasteiger partial charge in [-0.1, -0.05) is 153 Å². The first-order valence-corrected chi connectivity index (χ1v) is 20.3. The summed E-state index contributed by atoms with van der Waals surface area (Å²) in [7, 11) is 0. The van der Waals surface area contributed by atoms with Crippen LogP contribution in [0.3, 0.4) is 0 Å². The molecule has 55 heavy (non-hydrogen) atoms. The Morgan fingerprint density at radius 2 is 0.982 bits per heavy atom. The zero-order chi connectivity index (χ0) is 36.3. The van der Waals surface area contributed by atoms with Gasteiger partial charge in [0.15, 0.2) is 5.82 Å². The number of fused-ring (bicyclic) bond motifs is 8. The molecule has 9 aromatic rings. The van der Waals surface area contributed by atoms with Crippen LogP contribution < -0.4 is 0 Å².